The standard InChI is InChI=1S/C13H8BrF5N2/c14-7-4-8(15)12(9(16)5-7)21-11-2-1-6(3-10(11)20)13(17,18)19/h1-5,21H,20H2. The Labute approximate surface area is 124 Å². The maximum Gasteiger partial charge on any atom is 0.416 e. The normalized spacial score (nSPS) is 11.5. The summed E-state index contributed by atoms with van der Waals surface area (Å²) in [6.45, 7) is 0. The minimum atomic E-state index is -4.54. The third-order valence-electron chi connectivity index (χ3n) is 2.65. The molecule has 0 fully saturated rings. The van der Waals surface area contributed by atoms with Crippen molar-refractivity contribution in [1.29, 1.82) is 0 Å². The molecule has 0 spiro atoms. The van der Waals surface area contributed by atoms with Crippen molar-refractivity contribution >= 4 is 33.0 Å². The molecule has 8 heteroatoms. The van der Waals surface area contributed by atoms with Gasteiger partial charge in [0.1, 0.15) is 5.69 Å². The monoisotopic (exact) mass is 366 g/mol. The number of benzene rings is 2. The number of nitrogens with one attached hydrogen (secondary N) is 1. The van der Waals surface area contributed by atoms with Crippen LogP contribution >= 0.6 is 15.9 Å². The first-order chi connectivity index (χ1) is 9.68. The molecule has 2 rings (SSSR count). The molecule has 0 aliphatic heterocycles. The minimum absolute atomic E-state index is 0.0249. The van der Waals surface area contributed by atoms with E-state index < -0.39 is 29.1 Å². The summed E-state index contributed by atoms with van der Waals surface area (Å²) in [4.78, 5) is 0. The van der Waals surface area contributed by atoms with Gasteiger partial charge in [-0.1, -0.05) is 15.9 Å². The lowest BCUT2D eigenvalue weighted by Gasteiger charge is -2.14. The molecule has 2 nitrogen and oxygen atoms in total. The first-order valence-corrected chi connectivity index (χ1v) is 6.36. The van der Waals surface area contributed by atoms with Crippen LogP contribution in [-0.2, 0) is 6.18 Å². The van der Waals surface area contributed by atoms with Gasteiger partial charge in [0.2, 0.25) is 0 Å². The van der Waals surface area contributed by atoms with E-state index in [4.69, 9.17) is 5.73 Å². The molecule has 21 heavy (non-hydrogen) atoms. The Hall–Kier alpha value is -1.83. The van der Waals surface area contributed by atoms with E-state index in [1.54, 1.807) is 0 Å². The smallest absolute Gasteiger partial charge is 0.397 e. The summed E-state index contributed by atoms with van der Waals surface area (Å²) >= 11 is 2.92. The molecule has 0 radical (unpaired) electrons. The highest BCUT2D eigenvalue weighted by atomic mass is 79.9. The Balaban J connectivity index is 2.37. The zero-order chi connectivity index (χ0) is 15.8. The summed E-state index contributed by atoms with van der Waals surface area (Å²) in [5.41, 5.74) is 3.74. The zero-order valence-corrected chi connectivity index (χ0v) is 11.8. The third kappa shape index (κ3) is 3.44. The molecular formula is C13H8BrF5N2. The number of alkyl halides is 3. The average molecular weight is 367 g/mol. The molecular weight excluding hydrogens is 359 g/mol. The van der Waals surface area contributed by atoms with Gasteiger partial charge in [0, 0.05) is 4.47 Å². The van der Waals surface area contributed by atoms with Crippen LogP contribution in [0.1, 0.15) is 5.56 Å². The first-order valence-electron chi connectivity index (χ1n) is 5.57. The van der Waals surface area contributed by atoms with Crippen molar-refractivity contribution in [2.45, 2.75) is 6.18 Å². The molecule has 112 valence electrons. The first kappa shape index (κ1) is 15.6. The summed E-state index contributed by atoms with van der Waals surface area (Å²) < 4.78 is 65.0. The van der Waals surface area contributed by atoms with Crippen molar-refractivity contribution in [3.8, 4) is 0 Å². The number of anilines is 3. The fourth-order valence-electron chi connectivity index (χ4n) is 1.65. The van der Waals surface area contributed by atoms with E-state index in [0.717, 1.165) is 24.3 Å². The van der Waals surface area contributed by atoms with E-state index in [9.17, 15) is 22.0 Å². The van der Waals surface area contributed by atoms with Crippen LogP contribution in [0.4, 0.5) is 39.0 Å². The van der Waals surface area contributed by atoms with E-state index in [1.807, 2.05) is 0 Å². The Kier molecular flexibility index (Phi) is 4.08. The molecule has 0 bridgehead atoms. The number of hydrogen-bond donors (Lipinski definition) is 2. The molecule has 2 aromatic rings. The Bertz CT molecular complexity index is 662. The molecule has 3 N–H and O–H groups in total. The molecule has 0 saturated heterocycles. The fraction of sp³-hybridized carbons (Fsp3) is 0.0769. The lowest BCUT2D eigenvalue weighted by atomic mass is 10.1. The van der Waals surface area contributed by atoms with Crippen LogP contribution < -0.4 is 11.1 Å². The van der Waals surface area contributed by atoms with E-state index in [-0.39, 0.29) is 15.8 Å². The van der Waals surface area contributed by atoms with Crippen molar-refractivity contribution in [2.24, 2.45) is 0 Å². The minimum Gasteiger partial charge on any atom is -0.397 e. The quantitative estimate of drug-likeness (QED) is 0.575. The van der Waals surface area contributed by atoms with Gasteiger partial charge in [-0.25, -0.2) is 8.78 Å². The molecule has 2 aromatic carbocycles. The van der Waals surface area contributed by atoms with E-state index in [1.165, 1.54) is 0 Å². The van der Waals surface area contributed by atoms with Crippen molar-refractivity contribution < 1.29 is 22.0 Å². The predicted molar refractivity (Wildman–Crippen MR) is 73.2 cm³/mol. The number of hydrogen-bond acceptors (Lipinski definition) is 2. The number of nitrogens with two attached hydrogens (primary N) is 1. The maximum atomic E-state index is 13.6. The van der Waals surface area contributed by atoms with Gasteiger partial charge in [-0.2, -0.15) is 13.2 Å². The van der Waals surface area contributed by atoms with Gasteiger partial charge in [-0.05, 0) is 30.3 Å². The van der Waals surface area contributed by atoms with Gasteiger partial charge < -0.3 is 11.1 Å². The van der Waals surface area contributed by atoms with Crippen molar-refractivity contribution in [1.82, 2.24) is 0 Å². The largest absolute Gasteiger partial charge is 0.416 e. The summed E-state index contributed by atoms with van der Waals surface area (Å²) in [6, 6.07) is 4.51. The topological polar surface area (TPSA) is 38.0 Å². The Morgan fingerprint density at radius 3 is 2.05 bits per heavy atom. The Morgan fingerprint density at radius 1 is 1.00 bits per heavy atom. The zero-order valence-electron chi connectivity index (χ0n) is 10.2. The van der Waals surface area contributed by atoms with E-state index in [0.29, 0.717) is 6.07 Å². The van der Waals surface area contributed by atoms with Gasteiger partial charge in [0.05, 0.1) is 16.9 Å². The number of rotatable bonds is 2. The van der Waals surface area contributed by atoms with Gasteiger partial charge in [-0.3, -0.25) is 0 Å². The molecule has 0 unspecified atom stereocenters. The average Bonchev–Trinajstić information content (AvgIpc) is 2.33. The molecule has 0 aliphatic carbocycles. The van der Waals surface area contributed by atoms with Crippen LogP contribution in [0, 0.1) is 11.6 Å². The highest BCUT2D eigenvalue weighted by molar-refractivity contribution is 9.10. The van der Waals surface area contributed by atoms with Crippen LogP contribution in [0.2, 0.25) is 0 Å². The lowest BCUT2D eigenvalue weighted by Crippen LogP contribution is -2.07. The number of halogens is 6. The van der Waals surface area contributed by atoms with Crippen molar-refractivity contribution in [2.75, 3.05) is 11.1 Å². The van der Waals surface area contributed by atoms with Crippen LogP contribution in [0.25, 0.3) is 0 Å². The van der Waals surface area contributed by atoms with Crippen molar-refractivity contribution in [3.05, 3.63) is 52.0 Å². The summed E-state index contributed by atoms with van der Waals surface area (Å²) in [5.74, 6) is -1.80. The highest BCUT2D eigenvalue weighted by Crippen LogP contribution is 2.35. The molecule has 0 amide bonds. The predicted octanol–water partition coefficient (Wildman–Crippen LogP) is 5.07. The summed E-state index contributed by atoms with van der Waals surface area (Å²) in [6.07, 6.45) is -4.54. The summed E-state index contributed by atoms with van der Waals surface area (Å²) in [5, 5.41) is 2.35. The van der Waals surface area contributed by atoms with E-state index in [2.05, 4.69) is 21.2 Å². The second-order valence-corrected chi connectivity index (χ2v) is 5.08. The molecule has 0 atom stereocenters. The molecule has 0 saturated carbocycles. The van der Waals surface area contributed by atoms with Crippen LogP contribution in [0.15, 0.2) is 34.8 Å². The van der Waals surface area contributed by atoms with Crippen LogP contribution in [0.3, 0.4) is 0 Å². The van der Waals surface area contributed by atoms with E-state index >= 15 is 0 Å². The molecule has 0 aliphatic rings. The lowest BCUT2D eigenvalue weighted by molar-refractivity contribution is -0.137. The molecule has 0 heterocycles. The van der Waals surface area contributed by atoms with Gasteiger partial charge in [0.25, 0.3) is 0 Å². The number of nitrogen functional groups attached to an aromatic ring is 1. The van der Waals surface area contributed by atoms with Gasteiger partial charge in [-0.15, -0.1) is 0 Å². The van der Waals surface area contributed by atoms with Crippen LogP contribution in [-0.4, -0.2) is 0 Å². The Morgan fingerprint density at radius 2 is 1.57 bits per heavy atom. The van der Waals surface area contributed by atoms with Gasteiger partial charge in [0.15, 0.2) is 11.6 Å². The highest BCUT2D eigenvalue weighted by Gasteiger charge is 2.30. The second-order valence-electron chi connectivity index (χ2n) is 4.17. The van der Waals surface area contributed by atoms with Gasteiger partial charge >= 0.3 is 6.18 Å². The molecule has 0 aromatic heterocycles. The van der Waals surface area contributed by atoms with Crippen LogP contribution in [0.5, 0.6) is 0 Å². The SMILES string of the molecule is Nc1cc(C(F)(F)F)ccc1Nc1c(F)cc(Br)cc1F. The van der Waals surface area contributed by atoms with Crippen molar-refractivity contribution in [3.63, 3.8) is 0 Å². The fourth-order valence-corrected chi connectivity index (χ4v) is 2.05. The maximum absolute atomic E-state index is 13.6. The summed E-state index contributed by atoms with van der Waals surface area (Å²) in [7, 11) is 0. The third-order valence-corrected chi connectivity index (χ3v) is 3.10. The second kappa shape index (κ2) is 5.51.